The highest BCUT2D eigenvalue weighted by atomic mass is 35.5. The summed E-state index contributed by atoms with van der Waals surface area (Å²) in [5.41, 5.74) is 0.0356. The second-order valence-corrected chi connectivity index (χ2v) is 12.2. The molecule has 0 unspecified atom stereocenters. The molecule has 1 aliphatic carbocycles. The van der Waals surface area contributed by atoms with Crippen LogP contribution in [0.25, 0.3) is 0 Å². The molecule has 2 aromatic rings. The number of rotatable bonds is 9. The van der Waals surface area contributed by atoms with E-state index in [9.17, 15) is 19.5 Å². The average Bonchev–Trinajstić information content (AvgIpc) is 3.00. The first-order valence-corrected chi connectivity index (χ1v) is 15.4. The molecule has 2 heterocycles. The van der Waals surface area contributed by atoms with Crippen LogP contribution >= 0.6 is 12.4 Å². The van der Waals surface area contributed by atoms with E-state index in [-0.39, 0.29) is 30.1 Å². The van der Waals surface area contributed by atoms with Crippen LogP contribution in [0.1, 0.15) is 80.6 Å². The fourth-order valence-electron chi connectivity index (χ4n) is 6.81. The lowest BCUT2D eigenvalue weighted by Gasteiger charge is -2.52. The molecule has 1 atom stereocenters. The Kier molecular flexibility index (Phi) is 10.7. The minimum absolute atomic E-state index is 0. The minimum Gasteiger partial charge on any atom is -0.457 e. The van der Waals surface area contributed by atoms with Gasteiger partial charge in [-0.3, -0.25) is 19.3 Å². The molecule has 3 amide bonds. The number of benzene rings is 2. The SMILES string of the molecule is CCCN1C(=O)[C@@H](CC2(O)CCCCC2)NC(=O)C12CCN(Cc1ccc(Oc3ccc(C(=O)NC)cc3)cc1)CC2.Cl. The van der Waals surface area contributed by atoms with Crippen molar-refractivity contribution in [3.63, 3.8) is 0 Å². The van der Waals surface area contributed by atoms with E-state index in [1.54, 1.807) is 31.3 Å². The number of piperazine rings is 1. The number of hydrogen-bond donors (Lipinski definition) is 3. The predicted molar refractivity (Wildman–Crippen MR) is 167 cm³/mol. The van der Waals surface area contributed by atoms with Gasteiger partial charge in [0.2, 0.25) is 11.8 Å². The van der Waals surface area contributed by atoms with Gasteiger partial charge in [-0.2, -0.15) is 0 Å². The highest BCUT2D eigenvalue weighted by Gasteiger charge is 2.54. The second-order valence-electron chi connectivity index (χ2n) is 12.2. The molecule has 234 valence electrons. The Morgan fingerprint density at radius 1 is 0.977 bits per heavy atom. The van der Waals surface area contributed by atoms with E-state index in [1.807, 2.05) is 36.1 Å². The number of nitrogens with zero attached hydrogens (tertiary/aromatic N) is 2. The number of carbonyl (C=O) groups is 3. The number of halogens is 1. The molecule has 1 saturated carbocycles. The van der Waals surface area contributed by atoms with Crippen molar-refractivity contribution in [2.24, 2.45) is 0 Å². The standard InChI is InChI=1S/C33H44N4O5.ClH/c1-3-19-37-30(39)28(22-32(41)15-5-4-6-16-32)35-31(40)33(37)17-20-36(21-18-33)23-24-7-11-26(12-8-24)42-27-13-9-25(10-14-27)29(38)34-2;/h7-14,28,41H,3-6,15-23H2,1-2H3,(H,34,38)(H,35,40);1H/t28-;/m1./s1. The third kappa shape index (κ3) is 7.33. The molecule has 2 aromatic carbocycles. The van der Waals surface area contributed by atoms with Crippen molar-refractivity contribution in [1.82, 2.24) is 20.4 Å². The summed E-state index contributed by atoms with van der Waals surface area (Å²) in [4.78, 5) is 43.3. The van der Waals surface area contributed by atoms with E-state index >= 15 is 0 Å². The van der Waals surface area contributed by atoms with Gasteiger partial charge in [0.05, 0.1) is 5.60 Å². The van der Waals surface area contributed by atoms with E-state index in [1.165, 1.54) is 0 Å². The lowest BCUT2D eigenvalue weighted by atomic mass is 9.77. The Hall–Kier alpha value is -3.14. The van der Waals surface area contributed by atoms with Crippen LogP contribution in [0.4, 0.5) is 0 Å². The molecule has 0 aromatic heterocycles. The van der Waals surface area contributed by atoms with E-state index in [0.29, 0.717) is 68.8 Å². The molecule has 0 radical (unpaired) electrons. The number of ether oxygens (including phenoxy) is 1. The summed E-state index contributed by atoms with van der Waals surface area (Å²) in [6, 6.07) is 14.3. The zero-order valence-corrected chi connectivity index (χ0v) is 26.1. The summed E-state index contributed by atoms with van der Waals surface area (Å²) in [5.74, 6) is 1.13. The van der Waals surface area contributed by atoms with Gasteiger partial charge in [0.1, 0.15) is 23.1 Å². The molecular weight excluding hydrogens is 568 g/mol. The van der Waals surface area contributed by atoms with Gasteiger partial charge in [0.15, 0.2) is 0 Å². The quantitative estimate of drug-likeness (QED) is 0.387. The summed E-state index contributed by atoms with van der Waals surface area (Å²) in [6.07, 6.45) is 6.71. The predicted octanol–water partition coefficient (Wildman–Crippen LogP) is 4.42. The third-order valence-corrected chi connectivity index (χ3v) is 9.22. The van der Waals surface area contributed by atoms with Crippen LogP contribution in [0.2, 0.25) is 0 Å². The molecule has 3 aliphatic rings. The van der Waals surface area contributed by atoms with Gasteiger partial charge in [0, 0.05) is 45.2 Å². The lowest BCUT2D eigenvalue weighted by molar-refractivity contribution is -0.163. The maximum absolute atomic E-state index is 13.7. The Morgan fingerprint density at radius 2 is 1.58 bits per heavy atom. The lowest BCUT2D eigenvalue weighted by Crippen LogP contribution is -2.73. The van der Waals surface area contributed by atoms with Crippen LogP contribution in [0.5, 0.6) is 11.5 Å². The average molecular weight is 613 g/mol. The molecule has 2 saturated heterocycles. The molecule has 43 heavy (non-hydrogen) atoms. The Balaban J connectivity index is 0.00000423. The first-order chi connectivity index (χ1) is 20.2. The first-order valence-electron chi connectivity index (χ1n) is 15.4. The molecule has 5 rings (SSSR count). The van der Waals surface area contributed by atoms with Crippen molar-refractivity contribution in [2.75, 3.05) is 26.7 Å². The number of aliphatic hydroxyl groups is 1. The van der Waals surface area contributed by atoms with E-state index in [0.717, 1.165) is 37.8 Å². The minimum atomic E-state index is -0.865. The maximum atomic E-state index is 13.7. The number of hydrogen-bond acceptors (Lipinski definition) is 6. The number of likely N-dealkylation sites (tertiary alicyclic amines) is 1. The van der Waals surface area contributed by atoms with Gasteiger partial charge >= 0.3 is 0 Å². The van der Waals surface area contributed by atoms with Gasteiger partial charge in [-0.25, -0.2) is 0 Å². The summed E-state index contributed by atoms with van der Waals surface area (Å²) >= 11 is 0. The summed E-state index contributed by atoms with van der Waals surface area (Å²) in [7, 11) is 1.60. The van der Waals surface area contributed by atoms with Crippen LogP contribution in [0.3, 0.4) is 0 Å². The Labute approximate surface area is 260 Å². The van der Waals surface area contributed by atoms with Crippen LogP contribution in [-0.2, 0) is 16.1 Å². The summed E-state index contributed by atoms with van der Waals surface area (Å²) < 4.78 is 5.94. The van der Waals surface area contributed by atoms with Crippen molar-refractivity contribution in [1.29, 1.82) is 0 Å². The van der Waals surface area contributed by atoms with Crippen LogP contribution in [0.15, 0.2) is 48.5 Å². The summed E-state index contributed by atoms with van der Waals surface area (Å²) in [5, 5.41) is 16.8. The van der Waals surface area contributed by atoms with Crippen molar-refractivity contribution < 1.29 is 24.2 Å². The van der Waals surface area contributed by atoms with Crippen LogP contribution in [-0.4, -0.2) is 76.5 Å². The molecule has 3 N–H and O–H groups in total. The summed E-state index contributed by atoms with van der Waals surface area (Å²) in [6.45, 7) is 4.77. The number of piperidine rings is 1. The molecule has 2 aliphatic heterocycles. The first kappa shape index (κ1) is 32.8. The van der Waals surface area contributed by atoms with Crippen molar-refractivity contribution >= 4 is 30.1 Å². The zero-order chi connectivity index (χ0) is 29.7. The normalized spacial score (nSPS) is 21.6. The molecule has 1 spiro atoms. The monoisotopic (exact) mass is 612 g/mol. The van der Waals surface area contributed by atoms with Crippen molar-refractivity contribution in [3.8, 4) is 11.5 Å². The largest absolute Gasteiger partial charge is 0.457 e. The van der Waals surface area contributed by atoms with Gasteiger partial charge < -0.3 is 25.4 Å². The molecule has 3 fully saturated rings. The zero-order valence-electron chi connectivity index (χ0n) is 25.3. The van der Waals surface area contributed by atoms with Gasteiger partial charge in [-0.1, -0.05) is 38.3 Å². The number of carbonyl (C=O) groups excluding carboxylic acids is 3. The van der Waals surface area contributed by atoms with Gasteiger partial charge in [0.25, 0.3) is 5.91 Å². The Bertz CT molecular complexity index is 1260. The molecular formula is C33H45ClN4O5. The fourth-order valence-corrected chi connectivity index (χ4v) is 6.81. The number of amides is 3. The van der Waals surface area contributed by atoms with Crippen molar-refractivity contribution in [3.05, 3.63) is 59.7 Å². The van der Waals surface area contributed by atoms with E-state index in [4.69, 9.17) is 4.74 Å². The maximum Gasteiger partial charge on any atom is 0.251 e. The molecule has 0 bridgehead atoms. The van der Waals surface area contributed by atoms with Gasteiger partial charge in [-0.15, -0.1) is 12.4 Å². The molecule has 9 nitrogen and oxygen atoms in total. The van der Waals surface area contributed by atoms with E-state index < -0.39 is 17.2 Å². The van der Waals surface area contributed by atoms with E-state index in [2.05, 4.69) is 15.5 Å². The fraction of sp³-hybridized carbons (Fsp3) is 0.545. The third-order valence-electron chi connectivity index (χ3n) is 9.22. The highest BCUT2D eigenvalue weighted by molar-refractivity contribution is 6.00. The van der Waals surface area contributed by atoms with Crippen LogP contribution < -0.4 is 15.4 Å². The topological polar surface area (TPSA) is 111 Å². The Morgan fingerprint density at radius 3 is 2.16 bits per heavy atom. The molecule has 10 heteroatoms. The van der Waals surface area contributed by atoms with Crippen molar-refractivity contribution in [2.45, 2.75) is 88.4 Å². The van der Waals surface area contributed by atoms with Crippen LogP contribution in [0, 0.1) is 0 Å². The van der Waals surface area contributed by atoms with Gasteiger partial charge in [-0.05, 0) is 74.1 Å². The highest BCUT2D eigenvalue weighted by Crippen LogP contribution is 2.37. The number of nitrogens with one attached hydrogen (secondary N) is 2. The smallest absolute Gasteiger partial charge is 0.251 e. The second kappa shape index (κ2) is 14.1.